The first-order valence-corrected chi connectivity index (χ1v) is 6.41. The Labute approximate surface area is 112 Å². The molecule has 0 saturated carbocycles. The summed E-state index contributed by atoms with van der Waals surface area (Å²) in [6.45, 7) is 2.02. The van der Waals surface area contributed by atoms with E-state index in [4.69, 9.17) is 0 Å². The first-order chi connectivity index (χ1) is 8.78. The molecule has 0 aliphatic heterocycles. The second kappa shape index (κ2) is 4.45. The lowest BCUT2D eigenvalue weighted by Crippen LogP contribution is -2.04. The number of fused-ring (bicyclic) bond motifs is 1. The van der Waals surface area contributed by atoms with Gasteiger partial charge in [0, 0.05) is 12.5 Å². The summed E-state index contributed by atoms with van der Waals surface area (Å²) in [7, 11) is 0. The van der Waals surface area contributed by atoms with Gasteiger partial charge in [0.25, 0.3) is 0 Å². The smallest absolute Gasteiger partial charge is 0.160 e. The van der Waals surface area contributed by atoms with Crippen molar-refractivity contribution in [2.75, 3.05) is 0 Å². The number of aryl methyl sites for hydroxylation is 1. The van der Waals surface area contributed by atoms with Crippen LogP contribution in [0.3, 0.4) is 0 Å². The van der Waals surface area contributed by atoms with E-state index in [0.29, 0.717) is 0 Å². The van der Waals surface area contributed by atoms with E-state index in [1.807, 2.05) is 37.3 Å². The molecule has 6 heteroatoms. The van der Waals surface area contributed by atoms with Crippen LogP contribution < -0.4 is 0 Å². The van der Waals surface area contributed by atoms with Crippen molar-refractivity contribution in [1.82, 2.24) is 25.0 Å². The molecular formula is C12H10BrN5. The third-order valence-corrected chi connectivity index (χ3v) is 3.02. The van der Waals surface area contributed by atoms with Gasteiger partial charge in [-0.25, -0.2) is 9.97 Å². The number of nitrogens with zero attached hydrogens (tertiary/aromatic N) is 5. The van der Waals surface area contributed by atoms with Crippen molar-refractivity contribution < 1.29 is 0 Å². The first-order valence-electron chi connectivity index (χ1n) is 5.62. The largest absolute Gasteiger partial charge is 0.226 e. The van der Waals surface area contributed by atoms with Crippen molar-refractivity contribution in [3.8, 4) is 5.82 Å². The van der Waals surface area contributed by atoms with E-state index >= 15 is 0 Å². The topological polar surface area (TPSA) is 56.5 Å². The van der Waals surface area contributed by atoms with Crippen LogP contribution in [-0.2, 0) is 6.42 Å². The molecular weight excluding hydrogens is 294 g/mol. The highest BCUT2D eigenvalue weighted by molar-refractivity contribution is 9.10. The zero-order chi connectivity index (χ0) is 12.5. The van der Waals surface area contributed by atoms with Crippen molar-refractivity contribution in [3.63, 3.8) is 0 Å². The minimum Gasteiger partial charge on any atom is -0.226 e. The molecule has 0 aliphatic rings. The van der Waals surface area contributed by atoms with Crippen molar-refractivity contribution in [1.29, 1.82) is 0 Å². The molecule has 0 amide bonds. The summed E-state index contributed by atoms with van der Waals surface area (Å²) in [5.74, 6) is 1.50. The van der Waals surface area contributed by atoms with Crippen LogP contribution in [0.5, 0.6) is 0 Å². The first kappa shape index (κ1) is 11.3. The number of para-hydroxylation sites is 1. The average molecular weight is 304 g/mol. The molecule has 0 radical (unpaired) electrons. The summed E-state index contributed by atoms with van der Waals surface area (Å²) < 4.78 is 2.48. The van der Waals surface area contributed by atoms with Crippen LogP contribution in [-0.4, -0.2) is 25.0 Å². The van der Waals surface area contributed by atoms with Gasteiger partial charge in [0.1, 0.15) is 15.9 Å². The van der Waals surface area contributed by atoms with E-state index in [1.165, 1.54) is 0 Å². The van der Waals surface area contributed by atoms with Gasteiger partial charge in [-0.15, -0.1) is 5.10 Å². The molecule has 90 valence electrons. The number of benzene rings is 1. The van der Waals surface area contributed by atoms with Crippen LogP contribution in [0.4, 0.5) is 0 Å². The third kappa shape index (κ3) is 1.88. The zero-order valence-electron chi connectivity index (χ0n) is 9.71. The molecule has 3 rings (SSSR count). The third-order valence-electron chi connectivity index (χ3n) is 2.61. The van der Waals surface area contributed by atoms with Gasteiger partial charge in [-0.1, -0.05) is 24.3 Å². The van der Waals surface area contributed by atoms with Crippen LogP contribution in [0.15, 0.2) is 34.9 Å². The van der Waals surface area contributed by atoms with Crippen molar-refractivity contribution in [2.45, 2.75) is 13.3 Å². The van der Waals surface area contributed by atoms with Gasteiger partial charge in [-0.2, -0.15) is 4.68 Å². The molecule has 0 fully saturated rings. The standard InChI is InChI=1S/C12H10BrN5/c1-2-11-14-10(13)7-12(15-11)18-9-6-4-3-5-8(9)16-17-18/h3-7H,2H2,1H3. The number of aromatic nitrogens is 5. The maximum Gasteiger partial charge on any atom is 0.160 e. The minimum absolute atomic E-state index is 0.724. The van der Waals surface area contributed by atoms with Crippen LogP contribution in [0, 0.1) is 0 Å². The van der Waals surface area contributed by atoms with Crippen LogP contribution in [0.2, 0.25) is 0 Å². The lowest BCUT2D eigenvalue weighted by atomic mass is 10.3. The maximum atomic E-state index is 4.46. The molecule has 0 aliphatic carbocycles. The fourth-order valence-corrected chi connectivity index (χ4v) is 2.17. The summed E-state index contributed by atoms with van der Waals surface area (Å²) in [6, 6.07) is 9.63. The van der Waals surface area contributed by atoms with Gasteiger partial charge < -0.3 is 0 Å². The Hall–Kier alpha value is -1.82. The van der Waals surface area contributed by atoms with E-state index in [2.05, 4.69) is 36.2 Å². The summed E-state index contributed by atoms with van der Waals surface area (Å²) in [5.41, 5.74) is 1.79. The molecule has 3 aromatic rings. The molecule has 0 saturated heterocycles. The zero-order valence-corrected chi connectivity index (χ0v) is 11.3. The molecule has 2 aromatic heterocycles. The van der Waals surface area contributed by atoms with Crippen molar-refractivity contribution >= 4 is 27.0 Å². The molecule has 0 atom stereocenters. The molecule has 0 N–H and O–H groups in total. The Balaban J connectivity index is 2.22. The molecule has 18 heavy (non-hydrogen) atoms. The van der Waals surface area contributed by atoms with Crippen molar-refractivity contribution in [2.24, 2.45) is 0 Å². The highest BCUT2D eigenvalue weighted by Gasteiger charge is 2.09. The Kier molecular flexibility index (Phi) is 2.79. The molecule has 0 bridgehead atoms. The van der Waals surface area contributed by atoms with Crippen LogP contribution in [0.25, 0.3) is 16.9 Å². The Morgan fingerprint density at radius 3 is 2.89 bits per heavy atom. The summed E-state index contributed by atoms with van der Waals surface area (Å²) in [5, 5.41) is 8.26. The second-order valence-electron chi connectivity index (χ2n) is 3.81. The monoisotopic (exact) mass is 303 g/mol. The number of hydrogen-bond acceptors (Lipinski definition) is 4. The summed E-state index contributed by atoms with van der Waals surface area (Å²) >= 11 is 3.39. The lowest BCUT2D eigenvalue weighted by Gasteiger charge is -2.04. The fourth-order valence-electron chi connectivity index (χ4n) is 1.76. The second-order valence-corrected chi connectivity index (χ2v) is 4.62. The van der Waals surface area contributed by atoms with Crippen LogP contribution in [0.1, 0.15) is 12.7 Å². The van der Waals surface area contributed by atoms with Gasteiger partial charge in [-0.3, -0.25) is 0 Å². The molecule has 0 unspecified atom stereocenters. The quantitative estimate of drug-likeness (QED) is 0.683. The summed E-state index contributed by atoms with van der Waals surface area (Å²) in [6.07, 6.45) is 0.777. The van der Waals surface area contributed by atoms with E-state index in [-0.39, 0.29) is 0 Å². The fraction of sp³-hybridized carbons (Fsp3) is 0.167. The lowest BCUT2D eigenvalue weighted by molar-refractivity contribution is 0.779. The van der Waals surface area contributed by atoms with E-state index in [0.717, 1.165) is 33.7 Å². The average Bonchev–Trinajstić information content (AvgIpc) is 2.81. The van der Waals surface area contributed by atoms with Crippen LogP contribution >= 0.6 is 15.9 Å². The van der Waals surface area contributed by atoms with Crippen molar-refractivity contribution in [3.05, 3.63) is 40.8 Å². The summed E-state index contributed by atoms with van der Waals surface area (Å²) in [4.78, 5) is 8.75. The Morgan fingerprint density at radius 2 is 2.06 bits per heavy atom. The SMILES string of the molecule is CCc1nc(Br)cc(-n2nnc3ccccc32)n1. The predicted molar refractivity (Wildman–Crippen MR) is 71.5 cm³/mol. The normalized spacial score (nSPS) is 11.0. The van der Waals surface area contributed by atoms with E-state index in [9.17, 15) is 0 Å². The number of halogens is 1. The van der Waals surface area contributed by atoms with Gasteiger partial charge in [0.15, 0.2) is 5.82 Å². The number of hydrogen-bond donors (Lipinski definition) is 0. The van der Waals surface area contributed by atoms with E-state index in [1.54, 1.807) is 4.68 Å². The number of rotatable bonds is 2. The highest BCUT2D eigenvalue weighted by Crippen LogP contribution is 2.17. The van der Waals surface area contributed by atoms with E-state index < -0.39 is 0 Å². The molecule has 2 heterocycles. The van der Waals surface area contributed by atoms with Gasteiger partial charge in [0.2, 0.25) is 0 Å². The highest BCUT2D eigenvalue weighted by atomic mass is 79.9. The minimum atomic E-state index is 0.724. The molecule has 1 aromatic carbocycles. The van der Waals surface area contributed by atoms with Gasteiger partial charge >= 0.3 is 0 Å². The Bertz CT molecular complexity index is 707. The van der Waals surface area contributed by atoms with Gasteiger partial charge in [-0.05, 0) is 28.1 Å². The molecule has 5 nitrogen and oxygen atoms in total. The van der Waals surface area contributed by atoms with Gasteiger partial charge in [0.05, 0.1) is 5.52 Å². The maximum absolute atomic E-state index is 4.46. The molecule has 0 spiro atoms. The Morgan fingerprint density at radius 1 is 1.22 bits per heavy atom. The predicted octanol–water partition coefficient (Wildman–Crippen LogP) is 2.54.